The molecule has 1 N–H and O–H groups in total. The van der Waals surface area contributed by atoms with E-state index in [2.05, 4.69) is 4.98 Å². The van der Waals surface area contributed by atoms with Crippen LogP contribution < -0.4 is 0 Å². The standard InChI is InChI=1S/C13H19NO3/c1-13(2,12(15)10-6-5-8-14-10)17-11-7-3-4-9-16-11/h5-6,8,11,14H,3-4,7,9H2,1-2H3. The number of hydrogen-bond donors (Lipinski definition) is 1. The van der Waals surface area contributed by atoms with E-state index < -0.39 is 5.60 Å². The monoisotopic (exact) mass is 237 g/mol. The van der Waals surface area contributed by atoms with Crippen LogP contribution in [-0.4, -0.2) is 29.3 Å². The molecule has 0 amide bonds. The molecule has 1 aromatic heterocycles. The van der Waals surface area contributed by atoms with Crippen molar-refractivity contribution in [3.8, 4) is 0 Å². The molecule has 1 aromatic rings. The van der Waals surface area contributed by atoms with Gasteiger partial charge in [0.1, 0.15) is 5.60 Å². The summed E-state index contributed by atoms with van der Waals surface area (Å²) in [5.74, 6) is -0.0447. The maximum atomic E-state index is 12.2. The molecule has 1 unspecified atom stereocenters. The third kappa shape index (κ3) is 2.96. The van der Waals surface area contributed by atoms with Crippen LogP contribution in [0.1, 0.15) is 43.6 Å². The number of Topliss-reactive ketones (excluding diaryl/α,β-unsaturated/α-hetero) is 1. The Morgan fingerprint density at radius 3 is 2.94 bits per heavy atom. The predicted molar refractivity (Wildman–Crippen MR) is 63.9 cm³/mol. The molecule has 1 saturated heterocycles. The Bertz CT molecular complexity index is 364. The Morgan fingerprint density at radius 1 is 1.53 bits per heavy atom. The largest absolute Gasteiger partial charge is 0.359 e. The molecule has 0 aromatic carbocycles. The van der Waals surface area contributed by atoms with Crippen LogP contribution in [0.25, 0.3) is 0 Å². The van der Waals surface area contributed by atoms with Gasteiger partial charge in [0.2, 0.25) is 5.78 Å². The van der Waals surface area contributed by atoms with Gasteiger partial charge in [-0.05, 0) is 45.2 Å². The number of carbonyl (C=O) groups is 1. The van der Waals surface area contributed by atoms with E-state index in [1.54, 1.807) is 32.2 Å². The lowest BCUT2D eigenvalue weighted by atomic mass is 10.0. The molecule has 1 aliphatic rings. The van der Waals surface area contributed by atoms with Gasteiger partial charge in [-0.3, -0.25) is 4.79 Å². The van der Waals surface area contributed by atoms with Gasteiger partial charge in [-0.2, -0.15) is 0 Å². The zero-order chi connectivity index (χ0) is 12.3. The summed E-state index contributed by atoms with van der Waals surface area (Å²) < 4.78 is 11.3. The summed E-state index contributed by atoms with van der Waals surface area (Å²) in [5, 5.41) is 0. The molecule has 0 saturated carbocycles. The number of carbonyl (C=O) groups excluding carboxylic acids is 1. The van der Waals surface area contributed by atoms with E-state index in [-0.39, 0.29) is 12.1 Å². The number of aromatic nitrogens is 1. The number of aromatic amines is 1. The number of hydrogen-bond acceptors (Lipinski definition) is 3. The molecular weight excluding hydrogens is 218 g/mol. The van der Waals surface area contributed by atoms with Gasteiger partial charge >= 0.3 is 0 Å². The third-order valence-corrected chi connectivity index (χ3v) is 2.95. The van der Waals surface area contributed by atoms with Gasteiger partial charge in [0.05, 0.1) is 5.69 Å². The summed E-state index contributed by atoms with van der Waals surface area (Å²) in [6.45, 7) is 4.29. The number of ketones is 1. The van der Waals surface area contributed by atoms with Gasteiger partial charge in [0, 0.05) is 12.8 Å². The maximum absolute atomic E-state index is 12.2. The lowest BCUT2D eigenvalue weighted by Gasteiger charge is -2.31. The summed E-state index contributed by atoms with van der Waals surface area (Å²) in [4.78, 5) is 15.1. The highest BCUT2D eigenvalue weighted by atomic mass is 16.7. The van der Waals surface area contributed by atoms with Crippen molar-refractivity contribution >= 4 is 5.78 Å². The zero-order valence-electron chi connectivity index (χ0n) is 10.4. The molecule has 1 aliphatic heterocycles. The summed E-state index contributed by atoms with van der Waals surface area (Å²) in [6, 6.07) is 3.57. The first kappa shape index (κ1) is 12.3. The molecular formula is C13H19NO3. The Hall–Kier alpha value is -1.13. The number of H-pyrrole nitrogens is 1. The van der Waals surface area contributed by atoms with Crippen LogP contribution in [-0.2, 0) is 9.47 Å². The van der Waals surface area contributed by atoms with Crippen molar-refractivity contribution in [3.63, 3.8) is 0 Å². The Kier molecular flexibility index (Phi) is 3.64. The SMILES string of the molecule is CC(C)(OC1CCCCO1)C(=O)c1ccc[nH]1. The molecule has 0 spiro atoms. The van der Waals surface area contributed by atoms with E-state index in [4.69, 9.17) is 9.47 Å². The lowest BCUT2D eigenvalue weighted by molar-refractivity contribution is -0.201. The molecule has 2 rings (SSSR count). The molecule has 1 atom stereocenters. The third-order valence-electron chi connectivity index (χ3n) is 2.95. The highest BCUT2D eigenvalue weighted by Gasteiger charge is 2.34. The van der Waals surface area contributed by atoms with Crippen molar-refractivity contribution in [1.29, 1.82) is 0 Å². The van der Waals surface area contributed by atoms with Crippen molar-refractivity contribution in [2.75, 3.05) is 6.61 Å². The number of ether oxygens (including phenoxy) is 2. The van der Waals surface area contributed by atoms with E-state index in [1.165, 1.54) is 0 Å². The molecule has 0 aliphatic carbocycles. The Labute approximate surface area is 101 Å². The van der Waals surface area contributed by atoms with Gasteiger partial charge < -0.3 is 14.5 Å². The molecule has 0 bridgehead atoms. The quantitative estimate of drug-likeness (QED) is 0.819. The first-order chi connectivity index (χ1) is 8.09. The van der Waals surface area contributed by atoms with E-state index in [0.29, 0.717) is 5.69 Å². The van der Waals surface area contributed by atoms with Crippen LogP contribution in [0.15, 0.2) is 18.3 Å². The minimum atomic E-state index is -0.854. The van der Waals surface area contributed by atoms with E-state index in [0.717, 1.165) is 25.9 Å². The van der Waals surface area contributed by atoms with Crippen LogP contribution in [0.4, 0.5) is 0 Å². The van der Waals surface area contributed by atoms with Crippen LogP contribution in [0.2, 0.25) is 0 Å². The van der Waals surface area contributed by atoms with E-state index in [1.807, 2.05) is 0 Å². The summed E-state index contributed by atoms with van der Waals surface area (Å²) in [7, 11) is 0. The topological polar surface area (TPSA) is 51.3 Å². The average molecular weight is 237 g/mol. The minimum absolute atomic E-state index is 0.0447. The zero-order valence-corrected chi connectivity index (χ0v) is 10.4. The van der Waals surface area contributed by atoms with Crippen molar-refractivity contribution in [1.82, 2.24) is 4.98 Å². The smallest absolute Gasteiger partial charge is 0.210 e. The second-order valence-corrected chi connectivity index (χ2v) is 4.84. The fourth-order valence-corrected chi connectivity index (χ4v) is 1.98. The summed E-state index contributed by atoms with van der Waals surface area (Å²) in [6.07, 6.45) is 4.52. The molecule has 2 heterocycles. The second kappa shape index (κ2) is 5.02. The molecule has 1 fully saturated rings. The summed E-state index contributed by atoms with van der Waals surface area (Å²) >= 11 is 0. The predicted octanol–water partition coefficient (Wildman–Crippen LogP) is 2.52. The lowest BCUT2D eigenvalue weighted by Crippen LogP contribution is -2.40. The fraction of sp³-hybridized carbons (Fsp3) is 0.615. The molecule has 17 heavy (non-hydrogen) atoms. The van der Waals surface area contributed by atoms with Gasteiger partial charge in [0.15, 0.2) is 6.29 Å². The van der Waals surface area contributed by atoms with Crippen molar-refractivity contribution in [3.05, 3.63) is 24.0 Å². The van der Waals surface area contributed by atoms with Gasteiger partial charge in [0.25, 0.3) is 0 Å². The molecule has 0 radical (unpaired) electrons. The molecule has 94 valence electrons. The normalized spacial score (nSPS) is 21.4. The van der Waals surface area contributed by atoms with Crippen LogP contribution in [0.5, 0.6) is 0 Å². The van der Waals surface area contributed by atoms with Gasteiger partial charge in [-0.25, -0.2) is 0 Å². The van der Waals surface area contributed by atoms with Crippen molar-refractivity contribution in [2.24, 2.45) is 0 Å². The van der Waals surface area contributed by atoms with E-state index >= 15 is 0 Å². The fourth-order valence-electron chi connectivity index (χ4n) is 1.98. The average Bonchev–Trinajstić information content (AvgIpc) is 2.82. The van der Waals surface area contributed by atoms with Gasteiger partial charge in [-0.15, -0.1) is 0 Å². The number of nitrogens with one attached hydrogen (secondary N) is 1. The number of rotatable bonds is 4. The molecule has 4 heteroatoms. The van der Waals surface area contributed by atoms with Crippen molar-refractivity contribution in [2.45, 2.75) is 45.0 Å². The molecule has 4 nitrogen and oxygen atoms in total. The summed E-state index contributed by atoms with van der Waals surface area (Å²) in [5.41, 5.74) is -0.279. The van der Waals surface area contributed by atoms with Gasteiger partial charge in [-0.1, -0.05) is 0 Å². The highest BCUT2D eigenvalue weighted by Crippen LogP contribution is 2.23. The van der Waals surface area contributed by atoms with Crippen LogP contribution in [0, 0.1) is 0 Å². The maximum Gasteiger partial charge on any atom is 0.210 e. The van der Waals surface area contributed by atoms with Crippen LogP contribution in [0.3, 0.4) is 0 Å². The van der Waals surface area contributed by atoms with Crippen molar-refractivity contribution < 1.29 is 14.3 Å². The second-order valence-electron chi connectivity index (χ2n) is 4.84. The first-order valence-electron chi connectivity index (χ1n) is 6.07. The Morgan fingerprint density at radius 2 is 2.35 bits per heavy atom. The first-order valence-corrected chi connectivity index (χ1v) is 6.07. The van der Waals surface area contributed by atoms with Crippen LogP contribution >= 0.6 is 0 Å². The Balaban J connectivity index is 2.00. The minimum Gasteiger partial charge on any atom is -0.359 e. The highest BCUT2D eigenvalue weighted by molar-refractivity contribution is 6.00. The van der Waals surface area contributed by atoms with E-state index in [9.17, 15) is 4.79 Å².